The summed E-state index contributed by atoms with van der Waals surface area (Å²) in [6.45, 7) is 3.73. The van der Waals surface area contributed by atoms with E-state index in [-0.39, 0.29) is 23.6 Å². The highest BCUT2D eigenvalue weighted by Crippen LogP contribution is 2.28. The van der Waals surface area contributed by atoms with Crippen molar-refractivity contribution in [3.8, 4) is 0 Å². The molecule has 0 aliphatic carbocycles. The molecule has 3 aromatic rings. The monoisotopic (exact) mass is 388 g/mol. The van der Waals surface area contributed by atoms with Crippen molar-refractivity contribution in [1.29, 1.82) is 0 Å². The minimum Gasteiger partial charge on any atom is -0.459 e. The van der Waals surface area contributed by atoms with Gasteiger partial charge in [0.25, 0.3) is 11.8 Å². The Hall–Kier alpha value is -2.57. The average molecular weight is 389 g/mol. The second kappa shape index (κ2) is 7.76. The van der Waals surface area contributed by atoms with Crippen molar-refractivity contribution in [3.63, 3.8) is 0 Å². The maximum absolute atomic E-state index is 12.6. The predicted octanol–water partition coefficient (Wildman–Crippen LogP) is 5.05. The lowest BCUT2D eigenvalue weighted by Crippen LogP contribution is -2.26. The van der Waals surface area contributed by atoms with Crippen LogP contribution in [-0.2, 0) is 0 Å². The first-order valence-electron chi connectivity index (χ1n) is 7.95. The van der Waals surface area contributed by atoms with Gasteiger partial charge in [-0.05, 0) is 55.3 Å². The molecule has 2 N–H and O–H groups in total. The van der Waals surface area contributed by atoms with Gasteiger partial charge in [-0.1, -0.05) is 23.7 Å². The van der Waals surface area contributed by atoms with E-state index in [2.05, 4.69) is 10.6 Å². The molecule has 0 unspecified atom stereocenters. The van der Waals surface area contributed by atoms with Crippen LogP contribution in [0.1, 0.15) is 44.3 Å². The van der Waals surface area contributed by atoms with E-state index in [1.54, 1.807) is 24.3 Å². The normalized spacial score (nSPS) is 11.8. The fourth-order valence-electron chi connectivity index (χ4n) is 2.47. The van der Waals surface area contributed by atoms with Crippen LogP contribution in [0, 0.1) is 6.92 Å². The van der Waals surface area contributed by atoms with Gasteiger partial charge in [-0.2, -0.15) is 0 Å². The Labute approximate surface area is 160 Å². The van der Waals surface area contributed by atoms with E-state index in [0.29, 0.717) is 14.9 Å². The van der Waals surface area contributed by atoms with Crippen LogP contribution in [0.3, 0.4) is 0 Å². The Bertz CT molecular complexity index is 934. The molecule has 7 heteroatoms. The van der Waals surface area contributed by atoms with Gasteiger partial charge in [0.15, 0.2) is 5.76 Å². The first kappa shape index (κ1) is 18.2. The molecule has 1 atom stereocenters. The van der Waals surface area contributed by atoms with Crippen molar-refractivity contribution >= 4 is 39.8 Å². The van der Waals surface area contributed by atoms with Gasteiger partial charge in [-0.15, -0.1) is 11.3 Å². The van der Waals surface area contributed by atoms with Crippen molar-refractivity contribution in [2.75, 3.05) is 5.32 Å². The number of hydrogen-bond donors (Lipinski definition) is 2. The van der Waals surface area contributed by atoms with Gasteiger partial charge in [0, 0.05) is 5.02 Å². The van der Waals surface area contributed by atoms with E-state index < -0.39 is 0 Å². The summed E-state index contributed by atoms with van der Waals surface area (Å²) in [6.07, 6.45) is 1.44. The number of hydrogen-bond acceptors (Lipinski definition) is 4. The van der Waals surface area contributed by atoms with Crippen LogP contribution in [0.15, 0.2) is 53.1 Å². The molecule has 0 bridgehead atoms. The number of amides is 2. The Morgan fingerprint density at radius 3 is 2.65 bits per heavy atom. The van der Waals surface area contributed by atoms with Crippen molar-refractivity contribution < 1.29 is 14.0 Å². The summed E-state index contributed by atoms with van der Waals surface area (Å²) in [5.74, 6) is -0.328. The second-order valence-corrected chi connectivity index (χ2v) is 7.29. The Kier molecular flexibility index (Phi) is 5.44. The van der Waals surface area contributed by atoms with Crippen LogP contribution in [0.5, 0.6) is 0 Å². The number of halogens is 1. The molecule has 0 saturated heterocycles. The van der Waals surface area contributed by atoms with Gasteiger partial charge < -0.3 is 15.1 Å². The third-order valence-electron chi connectivity index (χ3n) is 3.80. The molecule has 2 amide bonds. The zero-order chi connectivity index (χ0) is 18.7. The number of carbonyl (C=O) groups excluding carboxylic acids is 2. The number of benzene rings is 1. The molecule has 0 aliphatic rings. The molecule has 2 aromatic heterocycles. The van der Waals surface area contributed by atoms with Gasteiger partial charge in [-0.3, -0.25) is 9.59 Å². The van der Waals surface area contributed by atoms with Crippen LogP contribution in [-0.4, -0.2) is 11.8 Å². The molecule has 2 heterocycles. The fourth-order valence-corrected chi connectivity index (χ4v) is 3.64. The number of anilines is 1. The number of rotatable bonds is 5. The number of carbonyl (C=O) groups is 2. The van der Waals surface area contributed by atoms with Crippen molar-refractivity contribution in [2.45, 2.75) is 19.9 Å². The molecule has 5 nitrogen and oxygen atoms in total. The summed E-state index contributed by atoms with van der Waals surface area (Å²) in [5.41, 5.74) is 1.71. The summed E-state index contributed by atoms with van der Waals surface area (Å²) in [6, 6.07) is 12.2. The standard InChI is InChI=1S/C19H17ClN2O3S/c1-11-9-16(22-18(23)15-7-4-8-25-15)26-17(11)19(24)21-12(2)13-5-3-6-14(20)10-13/h3-10,12H,1-2H3,(H,21,24)(H,22,23)/t12-/m1/s1. The molecule has 134 valence electrons. The maximum atomic E-state index is 12.6. The second-order valence-electron chi connectivity index (χ2n) is 5.80. The fraction of sp³-hybridized carbons (Fsp3) is 0.158. The summed E-state index contributed by atoms with van der Waals surface area (Å²) in [4.78, 5) is 25.2. The summed E-state index contributed by atoms with van der Waals surface area (Å²) < 4.78 is 5.07. The molecule has 0 radical (unpaired) electrons. The first-order chi connectivity index (χ1) is 12.4. The van der Waals surface area contributed by atoms with Crippen molar-refractivity contribution in [1.82, 2.24) is 5.32 Å². The summed E-state index contributed by atoms with van der Waals surface area (Å²) in [5, 5.41) is 6.91. The van der Waals surface area contributed by atoms with E-state index in [1.807, 2.05) is 32.0 Å². The van der Waals surface area contributed by atoms with E-state index in [9.17, 15) is 9.59 Å². The topological polar surface area (TPSA) is 71.3 Å². The van der Waals surface area contributed by atoms with Gasteiger partial charge in [0.2, 0.25) is 0 Å². The van der Waals surface area contributed by atoms with Crippen LogP contribution >= 0.6 is 22.9 Å². The molecule has 0 saturated carbocycles. The zero-order valence-corrected chi connectivity index (χ0v) is 15.8. The molecule has 3 rings (SSSR count). The lowest BCUT2D eigenvalue weighted by atomic mass is 10.1. The minimum atomic E-state index is -0.351. The van der Waals surface area contributed by atoms with Gasteiger partial charge in [0.1, 0.15) is 0 Å². The minimum absolute atomic E-state index is 0.191. The smallest absolute Gasteiger partial charge is 0.291 e. The third kappa shape index (κ3) is 4.15. The molecule has 1 aromatic carbocycles. The Morgan fingerprint density at radius 1 is 1.15 bits per heavy atom. The number of thiophene rings is 1. The molecule has 0 aliphatic heterocycles. The van der Waals surface area contributed by atoms with E-state index in [4.69, 9.17) is 16.0 Å². The highest BCUT2D eigenvalue weighted by Gasteiger charge is 2.18. The summed E-state index contributed by atoms with van der Waals surface area (Å²) >= 11 is 7.23. The number of nitrogens with one attached hydrogen (secondary N) is 2. The van der Waals surface area contributed by atoms with Gasteiger partial charge >= 0.3 is 0 Å². The van der Waals surface area contributed by atoms with E-state index >= 15 is 0 Å². The van der Waals surface area contributed by atoms with Crippen molar-refractivity contribution in [3.05, 3.63) is 75.5 Å². The van der Waals surface area contributed by atoms with E-state index in [1.165, 1.54) is 17.6 Å². The highest BCUT2D eigenvalue weighted by atomic mass is 35.5. The van der Waals surface area contributed by atoms with Crippen molar-refractivity contribution in [2.24, 2.45) is 0 Å². The van der Waals surface area contributed by atoms with E-state index in [0.717, 1.165) is 11.1 Å². The zero-order valence-electron chi connectivity index (χ0n) is 14.2. The SMILES string of the molecule is Cc1cc(NC(=O)c2ccco2)sc1C(=O)N[C@H](C)c1cccc(Cl)c1. The van der Waals surface area contributed by atoms with Gasteiger partial charge in [0.05, 0.1) is 22.2 Å². The van der Waals surface area contributed by atoms with Crippen LogP contribution in [0.2, 0.25) is 5.02 Å². The Morgan fingerprint density at radius 2 is 1.96 bits per heavy atom. The molecule has 26 heavy (non-hydrogen) atoms. The third-order valence-corrected chi connectivity index (χ3v) is 5.19. The largest absolute Gasteiger partial charge is 0.459 e. The molecular formula is C19H17ClN2O3S. The number of furan rings is 1. The predicted molar refractivity (Wildman–Crippen MR) is 103 cm³/mol. The highest BCUT2D eigenvalue weighted by molar-refractivity contribution is 7.18. The quantitative estimate of drug-likeness (QED) is 0.642. The Balaban J connectivity index is 1.70. The summed E-state index contributed by atoms with van der Waals surface area (Å²) in [7, 11) is 0. The molecular weight excluding hydrogens is 372 g/mol. The van der Waals surface area contributed by atoms with Crippen LogP contribution in [0.25, 0.3) is 0 Å². The van der Waals surface area contributed by atoms with Crippen LogP contribution in [0.4, 0.5) is 5.00 Å². The van der Waals surface area contributed by atoms with Crippen LogP contribution < -0.4 is 10.6 Å². The van der Waals surface area contributed by atoms with Gasteiger partial charge in [-0.25, -0.2) is 0 Å². The first-order valence-corrected chi connectivity index (χ1v) is 9.15. The maximum Gasteiger partial charge on any atom is 0.291 e. The molecule has 0 spiro atoms. The lowest BCUT2D eigenvalue weighted by molar-refractivity contribution is 0.0942. The number of aryl methyl sites for hydroxylation is 1. The molecule has 0 fully saturated rings. The lowest BCUT2D eigenvalue weighted by Gasteiger charge is -2.14. The average Bonchev–Trinajstić information content (AvgIpc) is 3.24.